The van der Waals surface area contributed by atoms with Gasteiger partial charge in [-0.25, -0.2) is 0 Å². The Hall–Kier alpha value is -0.113. The van der Waals surface area contributed by atoms with Gasteiger partial charge >= 0.3 is 0 Å². The van der Waals surface area contributed by atoms with Crippen molar-refractivity contribution in [2.45, 2.75) is 84.9 Å². The van der Waals surface area contributed by atoms with Crippen LogP contribution in [-0.2, 0) is 15.8 Å². The Balaban J connectivity index is 2.68. The first kappa shape index (κ1) is 25.9. The van der Waals surface area contributed by atoms with Gasteiger partial charge in [0, 0.05) is 10.5 Å². The Bertz CT molecular complexity index is 525. The van der Waals surface area contributed by atoms with E-state index in [0.717, 1.165) is 16.6 Å². The second-order valence-electron chi connectivity index (χ2n) is 8.11. The highest BCUT2D eigenvalue weighted by atomic mass is 127. The van der Waals surface area contributed by atoms with E-state index in [1.165, 1.54) is 23.7 Å². The molecular formula is C23H41IO3Si. The highest BCUT2D eigenvalue weighted by Crippen LogP contribution is 2.30. The van der Waals surface area contributed by atoms with E-state index in [2.05, 4.69) is 76.3 Å². The molecule has 0 bridgehead atoms. The fourth-order valence-electron chi connectivity index (χ4n) is 3.49. The average Bonchev–Trinajstić information content (AvgIpc) is 2.74. The van der Waals surface area contributed by atoms with Crippen molar-refractivity contribution in [1.29, 1.82) is 0 Å². The minimum absolute atomic E-state index is 0.204. The predicted molar refractivity (Wildman–Crippen MR) is 131 cm³/mol. The summed E-state index contributed by atoms with van der Waals surface area (Å²) < 4.78 is 19.5. The van der Waals surface area contributed by atoms with E-state index in [9.17, 15) is 0 Å². The van der Waals surface area contributed by atoms with Crippen LogP contribution in [0.25, 0.3) is 0 Å². The first-order valence-electron chi connectivity index (χ1n) is 10.8. The van der Waals surface area contributed by atoms with Gasteiger partial charge in [-0.15, -0.1) is 0 Å². The zero-order valence-corrected chi connectivity index (χ0v) is 22.1. The third-order valence-electron chi connectivity index (χ3n) is 6.29. The van der Waals surface area contributed by atoms with Crippen molar-refractivity contribution in [2.24, 2.45) is 11.8 Å². The summed E-state index contributed by atoms with van der Waals surface area (Å²) in [6.45, 7) is 14.4. The van der Waals surface area contributed by atoms with Crippen molar-refractivity contribution in [3.63, 3.8) is 0 Å². The van der Waals surface area contributed by atoms with Crippen LogP contribution in [0.2, 0.25) is 18.1 Å². The molecule has 0 spiro atoms. The van der Waals surface area contributed by atoms with Gasteiger partial charge in [-0.3, -0.25) is 0 Å². The maximum atomic E-state index is 6.91. The normalized spacial score (nSPS) is 16.4. The van der Waals surface area contributed by atoms with Crippen molar-refractivity contribution in [3.05, 3.63) is 29.8 Å². The Kier molecular flexibility index (Phi) is 12.3. The molecule has 28 heavy (non-hydrogen) atoms. The molecule has 0 aromatic heterocycles. The first-order chi connectivity index (χ1) is 13.3. The Morgan fingerprint density at radius 1 is 0.929 bits per heavy atom. The third-order valence-corrected chi connectivity index (χ3v) is 12.3. The van der Waals surface area contributed by atoms with Gasteiger partial charge in [0.25, 0.3) is 0 Å². The van der Waals surface area contributed by atoms with Crippen LogP contribution in [-0.4, -0.2) is 32.1 Å². The van der Waals surface area contributed by atoms with Crippen LogP contribution in [0.1, 0.15) is 53.5 Å². The molecule has 0 aliphatic rings. The lowest BCUT2D eigenvalue weighted by Gasteiger charge is -2.37. The van der Waals surface area contributed by atoms with Crippen LogP contribution in [0.3, 0.4) is 0 Å². The van der Waals surface area contributed by atoms with Gasteiger partial charge in [-0.1, -0.05) is 69.3 Å². The fraction of sp³-hybridized carbons (Fsp3) is 0.739. The van der Waals surface area contributed by atoms with Gasteiger partial charge in [0.15, 0.2) is 8.32 Å². The molecule has 0 fully saturated rings. The number of ether oxygens (including phenoxy) is 2. The number of hydrogen-bond acceptors (Lipinski definition) is 3. The predicted octanol–water partition coefficient (Wildman–Crippen LogP) is 7.09. The lowest BCUT2D eigenvalue weighted by atomic mass is 9.93. The molecule has 0 saturated carbocycles. The Morgan fingerprint density at radius 2 is 1.50 bits per heavy atom. The van der Waals surface area contributed by atoms with Crippen LogP contribution in [0.4, 0.5) is 0 Å². The zero-order chi connectivity index (χ0) is 21.2. The van der Waals surface area contributed by atoms with Crippen molar-refractivity contribution in [3.8, 4) is 5.75 Å². The molecule has 0 radical (unpaired) electrons. The Labute approximate surface area is 188 Å². The van der Waals surface area contributed by atoms with E-state index in [4.69, 9.17) is 13.9 Å². The minimum atomic E-state index is -1.60. The third kappa shape index (κ3) is 7.96. The maximum absolute atomic E-state index is 6.91. The lowest BCUT2D eigenvalue weighted by Crippen LogP contribution is -2.43. The summed E-state index contributed by atoms with van der Waals surface area (Å²) in [5.41, 5.74) is 1.18. The zero-order valence-electron chi connectivity index (χ0n) is 19.0. The molecule has 0 aliphatic heterocycles. The van der Waals surface area contributed by atoms with Gasteiger partial charge in [0.05, 0.1) is 19.8 Å². The number of rotatable bonds is 14. The van der Waals surface area contributed by atoms with Crippen molar-refractivity contribution < 1.29 is 13.9 Å². The van der Waals surface area contributed by atoms with Gasteiger partial charge in [0.1, 0.15) is 5.75 Å². The van der Waals surface area contributed by atoms with E-state index in [-0.39, 0.29) is 6.10 Å². The molecule has 0 amide bonds. The second-order valence-corrected chi connectivity index (χ2v) is 13.7. The molecule has 1 aromatic rings. The van der Waals surface area contributed by atoms with E-state index < -0.39 is 8.32 Å². The molecule has 0 heterocycles. The summed E-state index contributed by atoms with van der Waals surface area (Å²) in [6, 6.07) is 11.8. The minimum Gasteiger partial charge on any atom is -0.497 e. The highest BCUT2D eigenvalue weighted by Gasteiger charge is 2.34. The van der Waals surface area contributed by atoms with Gasteiger partial charge in [0.2, 0.25) is 0 Å². The van der Waals surface area contributed by atoms with Crippen LogP contribution >= 0.6 is 22.6 Å². The summed E-state index contributed by atoms with van der Waals surface area (Å²) >= 11 is 2.50. The van der Waals surface area contributed by atoms with Crippen molar-refractivity contribution in [2.75, 3.05) is 11.5 Å². The monoisotopic (exact) mass is 520 g/mol. The molecule has 3 nitrogen and oxygen atoms in total. The summed E-state index contributed by atoms with van der Waals surface area (Å²) in [5.74, 6) is 1.92. The summed E-state index contributed by atoms with van der Waals surface area (Å²) in [5, 5.41) is 0. The molecule has 4 atom stereocenters. The summed E-state index contributed by atoms with van der Waals surface area (Å²) in [6.07, 6.45) is 1.61. The first-order valence-corrected chi connectivity index (χ1v) is 14.9. The topological polar surface area (TPSA) is 27.7 Å². The standard InChI is InChI=1S/C23H41IO3Si/c1-8-28(9-2,10-3)27-23(19(5)16-24)15-18(4)20(6)26-17-21-11-13-22(25-7)14-12-21/h11-14,18-20,23H,8-10,15-17H2,1-7H3/t18-,19-,20-,23+/m0/s1. The largest absolute Gasteiger partial charge is 0.497 e. The fourth-order valence-corrected chi connectivity index (χ4v) is 7.03. The van der Waals surface area contributed by atoms with Crippen molar-refractivity contribution in [1.82, 2.24) is 0 Å². The number of methoxy groups -OCH3 is 1. The van der Waals surface area contributed by atoms with E-state index in [0.29, 0.717) is 24.5 Å². The SMILES string of the molecule is CC[Si](CC)(CC)O[C@H](C[C@H](C)[C@H](C)OCc1ccc(OC)cc1)[C@@H](C)CI. The van der Waals surface area contributed by atoms with Gasteiger partial charge < -0.3 is 13.9 Å². The van der Waals surface area contributed by atoms with E-state index in [1.54, 1.807) is 7.11 Å². The summed E-state index contributed by atoms with van der Waals surface area (Å²) in [7, 11) is 0.0948. The van der Waals surface area contributed by atoms with Crippen LogP contribution < -0.4 is 4.74 Å². The van der Waals surface area contributed by atoms with Crippen molar-refractivity contribution >= 4 is 30.9 Å². The molecule has 5 heteroatoms. The number of hydrogen-bond donors (Lipinski definition) is 0. The maximum Gasteiger partial charge on any atom is 0.192 e. The number of alkyl halides is 1. The average molecular weight is 521 g/mol. The van der Waals surface area contributed by atoms with E-state index >= 15 is 0 Å². The smallest absolute Gasteiger partial charge is 0.192 e. The molecule has 0 N–H and O–H groups in total. The summed E-state index contributed by atoms with van der Waals surface area (Å²) in [4.78, 5) is 0. The number of halogens is 1. The highest BCUT2D eigenvalue weighted by molar-refractivity contribution is 14.1. The van der Waals surface area contributed by atoms with E-state index in [1.807, 2.05) is 12.1 Å². The molecule has 0 unspecified atom stereocenters. The van der Waals surface area contributed by atoms with Gasteiger partial charge in [-0.05, 0) is 61.0 Å². The molecule has 0 aliphatic carbocycles. The second kappa shape index (κ2) is 13.2. The Morgan fingerprint density at radius 3 is 1.96 bits per heavy atom. The molecular weight excluding hydrogens is 479 g/mol. The molecule has 0 saturated heterocycles. The lowest BCUT2D eigenvalue weighted by molar-refractivity contribution is -0.00141. The molecule has 1 aromatic carbocycles. The quantitative estimate of drug-likeness (QED) is 0.149. The molecule has 1 rings (SSSR count). The number of benzene rings is 1. The van der Waals surface area contributed by atoms with Crippen LogP contribution in [0.5, 0.6) is 5.75 Å². The molecule has 162 valence electrons. The van der Waals surface area contributed by atoms with Crippen LogP contribution in [0, 0.1) is 11.8 Å². The van der Waals surface area contributed by atoms with Crippen LogP contribution in [0.15, 0.2) is 24.3 Å². The van der Waals surface area contributed by atoms with Gasteiger partial charge in [-0.2, -0.15) is 0 Å².